The molecule has 0 unspecified atom stereocenters. The summed E-state index contributed by atoms with van der Waals surface area (Å²) < 4.78 is 25.1. The molecule has 3 aromatic rings. The molecule has 1 aromatic heterocycles. The summed E-state index contributed by atoms with van der Waals surface area (Å²) in [6.45, 7) is 0.130. The molecule has 5 nitrogen and oxygen atoms in total. The molecule has 1 heterocycles. The van der Waals surface area contributed by atoms with Gasteiger partial charge in [0.1, 0.15) is 5.82 Å². The summed E-state index contributed by atoms with van der Waals surface area (Å²) in [5.41, 5.74) is 2.08. The number of hydrogen-bond donors (Lipinski definition) is 0. The van der Waals surface area contributed by atoms with E-state index in [9.17, 15) is 9.18 Å². The molecule has 0 saturated heterocycles. The molecule has 7 heteroatoms. The number of carbonyl (C=O) groups is 1. The summed E-state index contributed by atoms with van der Waals surface area (Å²) >= 11 is 0. The van der Waals surface area contributed by atoms with E-state index in [2.05, 4.69) is 4.98 Å². The van der Waals surface area contributed by atoms with Crippen LogP contribution in [-0.2, 0) is 6.54 Å². The summed E-state index contributed by atoms with van der Waals surface area (Å²) in [6.07, 6.45) is 3.37. The van der Waals surface area contributed by atoms with Gasteiger partial charge in [0, 0.05) is 17.2 Å². The predicted octanol–water partition coefficient (Wildman–Crippen LogP) is 3.65. The molecular formula is C20H19BrFN2O3+. The van der Waals surface area contributed by atoms with Crippen molar-refractivity contribution in [3.63, 3.8) is 0 Å². The van der Waals surface area contributed by atoms with Crippen molar-refractivity contribution in [3.05, 3.63) is 72.4 Å². The number of aromatic nitrogens is 2. The molecule has 0 spiro atoms. The minimum absolute atomic E-state index is 0. The highest BCUT2D eigenvalue weighted by Crippen LogP contribution is 2.31. The van der Waals surface area contributed by atoms with E-state index in [-0.39, 0.29) is 35.1 Å². The molecule has 3 rings (SSSR count). The van der Waals surface area contributed by atoms with Crippen molar-refractivity contribution in [2.24, 2.45) is 0 Å². The smallest absolute Gasteiger partial charge is 0.287 e. The molecule has 140 valence electrons. The maximum absolute atomic E-state index is 12.9. The van der Waals surface area contributed by atoms with Crippen molar-refractivity contribution in [2.45, 2.75) is 6.54 Å². The van der Waals surface area contributed by atoms with Gasteiger partial charge in [-0.2, -0.15) is 0 Å². The Hall–Kier alpha value is -2.80. The number of Topliss-reactive ketones (excluding diaryl/α,β-unsaturated/α-hetero) is 1. The summed E-state index contributed by atoms with van der Waals surface area (Å²) in [5.74, 6) is 0.785. The number of carbonyl (C=O) groups excluding carboxylic acids is 1. The summed E-state index contributed by atoms with van der Waals surface area (Å²) in [7, 11) is 3.16. The topological polar surface area (TPSA) is 52.3 Å². The van der Waals surface area contributed by atoms with Gasteiger partial charge < -0.3 is 9.47 Å². The van der Waals surface area contributed by atoms with E-state index >= 15 is 0 Å². The van der Waals surface area contributed by atoms with Crippen LogP contribution in [0, 0.1) is 5.82 Å². The van der Waals surface area contributed by atoms with E-state index in [4.69, 9.17) is 9.47 Å². The monoisotopic (exact) mass is 433 g/mol. The molecule has 0 radical (unpaired) electrons. The molecule has 0 aliphatic heterocycles. The zero-order chi connectivity index (χ0) is 18.5. The Morgan fingerprint density at radius 2 is 1.74 bits per heavy atom. The molecule has 2 aromatic carbocycles. The highest BCUT2D eigenvalue weighted by molar-refractivity contribution is 8.93. The van der Waals surface area contributed by atoms with Gasteiger partial charge in [0.05, 0.1) is 20.4 Å². The van der Waals surface area contributed by atoms with Gasteiger partial charge in [0.25, 0.3) is 6.33 Å². The summed E-state index contributed by atoms with van der Waals surface area (Å²) in [4.78, 5) is 16.6. The molecule has 0 aliphatic rings. The normalized spacial score (nSPS) is 10.0. The maximum Gasteiger partial charge on any atom is 0.287 e. The Bertz CT molecular complexity index is 916. The molecule has 0 N–H and O–H groups in total. The molecule has 0 amide bonds. The van der Waals surface area contributed by atoms with Crippen LogP contribution in [0.2, 0.25) is 0 Å². The maximum atomic E-state index is 12.9. The second-order valence-corrected chi connectivity index (χ2v) is 5.62. The first-order chi connectivity index (χ1) is 12.6. The highest BCUT2D eigenvalue weighted by Gasteiger charge is 2.13. The lowest BCUT2D eigenvalue weighted by atomic mass is 10.1. The summed E-state index contributed by atoms with van der Waals surface area (Å²) in [5, 5.41) is 0. The van der Waals surface area contributed by atoms with Crippen molar-refractivity contribution in [2.75, 3.05) is 14.2 Å². The van der Waals surface area contributed by atoms with Crippen molar-refractivity contribution >= 4 is 22.8 Å². The minimum Gasteiger partial charge on any atom is -0.493 e. The third-order valence-corrected chi connectivity index (χ3v) is 3.94. The third-order valence-electron chi connectivity index (χ3n) is 3.94. The van der Waals surface area contributed by atoms with Gasteiger partial charge in [0.15, 0.2) is 23.7 Å². The van der Waals surface area contributed by atoms with Crippen LogP contribution in [0.5, 0.6) is 11.5 Å². The van der Waals surface area contributed by atoms with E-state index in [0.717, 1.165) is 11.3 Å². The van der Waals surface area contributed by atoms with Crippen LogP contribution in [0.4, 0.5) is 4.39 Å². The van der Waals surface area contributed by atoms with Crippen molar-refractivity contribution in [1.29, 1.82) is 0 Å². The number of halogens is 2. The van der Waals surface area contributed by atoms with E-state index in [1.165, 1.54) is 24.3 Å². The number of benzene rings is 2. The van der Waals surface area contributed by atoms with Crippen LogP contribution in [-0.4, -0.2) is 25.0 Å². The van der Waals surface area contributed by atoms with E-state index in [1.807, 2.05) is 24.3 Å². The van der Waals surface area contributed by atoms with Gasteiger partial charge in [0.2, 0.25) is 5.78 Å². The van der Waals surface area contributed by atoms with Gasteiger partial charge in [-0.05, 0) is 47.4 Å². The molecular weight excluding hydrogens is 415 g/mol. The second kappa shape index (κ2) is 9.23. The van der Waals surface area contributed by atoms with Crippen LogP contribution >= 0.6 is 17.0 Å². The molecule has 0 aliphatic carbocycles. The number of ketones is 1. The van der Waals surface area contributed by atoms with E-state index < -0.39 is 0 Å². The Labute approximate surface area is 167 Å². The lowest BCUT2D eigenvalue weighted by molar-refractivity contribution is -0.686. The summed E-state index contributed by atoms with van der Waals surface area (Å²) in [6, 6.07) is 12.9. The van der Waals surface area contributed by atoms with Crippen LogP contribution in [0.25, 0.3) is 11.3 Å². The molecule has 0 fully saturated rings. The quantitative estimate of drug-likeness (QED) is 0.439. The largest absolute Gasteiger partial charge is 0.493 e. The van der Waals surface area contributed by atoms with E-state index in [1.54, 1.807) is 31.3 Å². The Morgan fingerprint density at radius 1 is 1.04 bits per heavy atom. The Morgan fingerprint density at radius 3 is 2.33 bits per heavy atom. The van der Waals surface area contributed by atoms with Crippen molar-refractivity contribution in [1.82, 2.24) is 4.98 Å². The SMILES string of the molecule is Br.COc1ccc(-c2cc[n+](CC(=O)c3ccc(F)cc3)cn2)cc1OC. The van der Waals surface area contributed by atoms with Crippen molar-refractivity contribution in [3.8, 4) is 22.8 Å². The molecule has 27 heavy (non-hydrogen) atoms. The molecule has 0 bridgehead atoms. The molecule has 0 saturated carbocycles. The van der Waals surface area contributed by atoms with Crippen LogP contribution in [0.15, 0.2) is 61.1 Å². The minimum atomic E-state index is -0.366. The first-order valence-electron chi connectivity index (χ1n) is 7.97. The van der Waals surface area contributed by atoms with Gasteiger partial charge in [-0.25, -0.2) is 8.96 Å². The predicted molar refractivity (Wildman–Crippen MR) is 104 cm³/mol. The number of rotatable bonds is 6. The fourth-order valence-corrected chi connectivity index (χ4v) is 2.54. The number of methoxy groups -OCH3 is 2. The highest BCUT2D eigenvalue weighted by atomic mass is 79.9. The standard InChI is InChI=1S/C20H18FN2O3.BrH/c1-25-19-8-5-15(11-20(19)26-2)17-9-10-23(13-22-17)12-18(24)14-3-6-16(21)7-4-14;/h3-11,13H,12H2,1-2H3;1H/q+1;. The lowest BCUT2D eigenvalue weighted by Gasteiger charge is -2.08. The van der Waals surface area contributed by atoms with Crippen molar-refractivity contribution < 1.29 is 23.2 Å². The van der Waals surface area contributed by atoms with Crippen LogP contribution < -0.4 is 14.0 Å². The number of nitrogens with zero attached hydrogens (tertiary/aromatic N) is 2. The number of ether oxygens (including phenoxy) is 2. The van der Waals surface area contributed by atoms with Crippen LogP contribution in [0.1, 0.15) is 10.4 Å². The average molecular weight is 434 g/mol. The molecule has 0 atom stereocenters. The Kier molecular flexibility index (Phi) is 7.01. The van der Waals surface area contributed by atoms with Gasteiger partial charge in [-0.3, -0.25) is 4.79 Å². The zero-order valence-electron chi connectivity index (χ0n) is 14.9. The van der Waals surface area contributed by atoms with E-state index in [0.29, 0.717) is 17.1 Å². The van der Waals surface area contributed by atoms with Gasteiger partial charge >= 0.3 is 0 Å². The fourth-order valence-electron chi connectivity index (χ4n) is 2.54. The average Bonchev–Trinajstić information content (AvgIpc) is 2.68. The van der Waals surface area contributed by atoms with Gasteiger partial charge in [-0.15, -0.1) is 17.0 Å². The second-order valence-electron chi connectivity index (χ2n) is 5.62. The number of hydrogen-bond acceptors (Lipinski definition) is 4. The third kappa shape index (κ3) is 4.89. The fraction of sp³-hybridized carbons (Fsp3) is 0.150. The van der Waals surface area contributed by atoms with Crippen LogP contribution in [0.3, 0.4) is 0 Å². The first-order valence-corrected chi connectivity index (χ1v) is 7.97. The zero-order valence-corrected chi connectivity index (χ0v) is 16.6. The lowest BCUT2D eigenvalue weighted by Crippen LogP contribution is -2.37. The Balaban J connectivity index is 0.00000261. The first kappa shape index (κ1) is 20.5. The van der Waals surface area contributed by atoms with Gasteiger partial charge in [-0.1, -0.05) is 0 Å².